The second kappa shape index (κ2) is 6.41. The highest BCUT2D eigenvalue weighted by Gasteiger charge is 2.18. The molecular weight excluding hydrogens is 245 g/mol. The number of amides is 2. The summed E-state index contributed by atoms with van der Waals surface area (Å²) in [5.41, 5.74) is 1.01. The third-order valence-electron chi connectivity index (χ3n) is 3.30. The quantitative estimate of drug-likeness (QED) is 0.888. The molecule has 104 valence electrons. The van der Waals surface area contributed by atoms with Crippen LogP contribution in [0.5, 0.6) is 0 Å². The molecule has 0 radical (unpaired) electrons. The van der Waals surface area contributed by atoms with E-state index in [4.69, 9.17) is 0 Å². The number of anilines is 1. The average Bonchev–Trinajstić information content (AvgIpc) is 2.66. The van der Waals surface area contributed by atoms with Gasteiger partial charge in [0.2, 0.25) is 0 Å². The number of hydrogen-bond acceptors (Lipinski definition) is 2. The van der Waals surface area contributed by atoms with Gasteiger partial charge < -0.3 is 15.1 Å². The SMILES string of the molecule is CCNC(=O)N1CCCN(c2ccc(F)cc2)CC1. The number of rotatable bonds is 2. The summed E-state index contributed by atoms with van der Waals surface area (Å²) < 4.78 is 12.9. The summed E-state index contributed by atoms with van der Waals surface area (Å²) in [4.78, 5) is 15.8. The second-order valence-electron chi connectivity index (χ2n) is 4.64. The Morgan fingerprint density at radius 1 is 1.21 bits per heavy atom. The van der Waals surface area contributed by atoms with Crippen molar-refractivity contribution >= 4 is 11.7 Å². The molecule has 1 saturated heterocycles. The van der Waals surface area contributed by atoms with E-state index in [1.54, 1.807) is 12.1 Å². The molecule has 1 aromatic carbocycles. The number of carbonyl (C=O) groups is 1. The van der Waals surface area contributed by atoms with Crippen LogP contribution in [0.15, 0.2) is 24.3 Å². The number of halogens is 1. The maximum Gasteiger partial charge on any atom is 0.317 e. The van der Waals surface area contributed by atoms with Crippen molar-refractivity contribution in [1.29, 1.82) is 0 Å². The highest BCUT2D eigenvalue weighted by Crippen LogP contribution is 2.17. The molecule has 0 spiro atoms. The van der Waals surface area contributed by atoms with E-state index in [2.05, 4.69) is 10.2 Å². The van der Waals surface area contributed by atoms with Gasteiger partial charge in [-0.15, -0.1) is 0 Å². The molecule has 2 rings (SSSR count). The largest absolute Gasteiger partial charge is 0.370 e. The van der Waals surface area contributed by atoms with Gasteiger partial charge in [0, 0.05) is 38.4 Å². The Bertz CT molecular complexity index is 421. The topological polar surface area (TPSA) is 35.6 Å². The van der Waals surface area contributed by atoms with E-state index < -0.39 is 0 Å². The molecule has 1 aromatic rings. The molecule has 0 atom stereocenters. The Morgan fingerprint density at radius 2 is 1.95 bits per heavy atom. The molecule has 0 aliphatic carbocycles. The molecular formula is C14H20FN3O. The van der Waals surface area contributed by atoms with Gasteiger partial charge in [0.1, 0.15) is 5.82 Å². The van der Waals surface area contributed by atoms with E-state index in [0.29, 0.717) is 13.1 Å². The molecule has 1 aliphatic heterocycles. The summed E-state index contributed by atoms with van der Waals surface area (Å²) in [6, 6.07) is 6.53. The molecule has 0 unspecified atom stereocenters. The standard InChI is InChI=1S/C14H20FN3O/c1-2-16-14(19)18-9-3-8-17(10-11-18)13-6-4-12(15)5-7-13/h4-7H,2-3,8-11H2,1H3,(H,16,19). The van der Waals surface area contributed by atoms with E-state index >= 15 is 0 Å². The highest BCUT2D eigenvalue weighted by molar-refractivity contribution is 5.74. The lowest BCUT2D eigenvalue weighted by molar-refractivity contribution is 0.202. The van der Waals surface area contributed by atoms with Gasteiger partial charge in [0.15, 0.2) is 0 Å². The van der Waals surface area contributed by atoms with Gasteiger partial charge in [0.25, 0.3) is 0 Å². The first kappa shape index (κ1) is 13.6. The summed E-state index contributed by atoms with van der Waals surface area (Å²) in [6.45, 7) is 5.70. The molecule has 1 fully saturated rings. The van der Waals surface area contributed by atoms with Crippen molar-refractivity contribution in [3.05, 3.63) is 30.1 Å². The van der Waals surface area contributed by atoms with Crippen LogP contribution in [-0.2, 0) is 0 Å². The highest BCUT2D eigenvalue weighted by atomic mass is 19.1. The minimum absolute atomic E-state index is 0.00320. The van der Waals surface area contributed by atoms with E-state index in [-0.39, 0.29) is 11.8 Å². The Kier molecular flexibility index (Phi) is 4.60. The fourth-order valence-electron chi connectivity index (χ4n) is 2.29. The van der Waals surface area contributed by atoms with Crippen LogP contribution in [-0.4, -0.2) is 43.7 Å². The predicted octanol–water partition coefficient (Wildman–Crippen LogP) is 2.07. The van der Waals surface area contributed by atoms with Crippen LogP contribution in [0.4, 0.5) is 14.9 Å². The van der Waals surface area contributed by atoms with Gasteiger partial charge >= 0.3 is 6.03 Å². The molecule has 1 heterocycles. The van der Waals surface area contributed by atoms with E-state index in [1.165, 1.54) is 12.1 Å². The van der Waals surface area contributed by atoms with Crippen LogP contribution in [0.1, 0.15) is 13.3 Å². The van der Waals surface area contributed by atoms with Crippen LogP contribution in [0, 0.1) is 5.82 Å². The van der Waals surface area contributed by atoms with E-state index in [9.17, 15) is 9.18 Å². The Labute approximate surface area is 113 Å². The first-order valence-corrected chi connectivity index (χ1v) is 6.74. The molecule has 1 N–H and O–H groups in total. The van der Waals surface area contributed by atoms with Gasteiger partial charge in [0.05, 0.1) is 0 Å². The number of benzene rings is 1. The lowest BCUT2D eigenvalue weighted by Crippen LogP contribution is -2.41. The zero-order valence-corrected chi connectivity index (χ0v) is 11.2. The Hall–Kier alpha value is -1.78. The van der Waals surface area contributed by atoms with Gasteiger partial charge in [-0.1, -0.05) is 0 Å². The first-order valence-electron chi connectivity index (χ1n) is 6.74. The normalized spacial score (nSPS) is 16.1. The van der Waals surface area contributed by atoms with E-state index in [0.717, 1.165) is 31.7 Å². The van der Waals surface area contributed by atoms with Crippen molar-refractivity contribution in [2.45, 2.75) is 13.3 Å². The summed E-state index contributed by atoms with van der Waals surface area (Å²) in [6.07, 6.45) is 0.925. The maximum absolute atomic E-state index is 12.9. The fourth-order valence-corrected chi connectivity index (χ4v) is 2.29. The molecule has 4 nitrogen and oxygen atoms in total. The van der Waals surface area contributed by atoms with Crippen molar-refractivity contribution in [3.8, 4) is 0 Å². The number of nitrogens with zero attached hydrogens (tertiary/aromatic N) is 2. The first-order chi connectivity index (χ1) is 9.20. The summed E-state index contributed by atoms with van der Waals surface area (Å²) >= 11 is 0. The second-order valence-corrected chi connectivity index (χ2v) is 4.64. The lowest BCUT2D eigenvalue weighted by Gasteiger charge is -2.23. The minimum atomic E-state index is -0.220. The van der Waals surface area contributed by atoms with E-state index in [1.807, 2.05) is 11.8 Å². The van der Waals surface area contributed by atoms with Crippen molar-refractivity contribution in [3.63, 3.8) is 0 Å². The number of nitrogens with one attached hydrogen (secondary N) is 1. The predicted molar refractivity (Wildman–Crippen MR) is 73.9 cm³/mol. The van der Waals surface area contributed by atoms with Crippen LogP contribution in [0.25, 0.3) is 0 Å². The molecule has 0 bridgehead atoms. The van der Waals surface area contributed by atoms with Gasteiger partial charge in [-0.25, -0.2) is 9.18 Å². The van der Waals surface area contributed by atoms with Gasteiger partial charge in [-0.05, 0) is 37.6 Å². The molecule has 5 heteroatoms. The zero-order valence-electron chi connectivity index (χ0n) is 11.2. The number of carbonyl (C=O) groups excluding carboxylic acids is 1. The third kappa shape index (κ3) is 3.59. The van der Waals surface area contributed by atoms with Crippen LogP contribution < -0.4 is 10.2 Å². The van der Waals surface area contributed by atoms with Crippen molar-refractivity contribution < 1.29 is 9.18 Å². The maximum atomic E-state index is 12.9. The molecule has 1 aliphatic rings. The molecule has 2 amide bonds. The van der Waals surface area contributed by atoms with Gasteiger partial charge in [-0.3, -0.25) is 0 Å². The number of hydrogen-bond donors (Lipinski definition) is 1. The Morgan fingerprint density at radius 3 is 2.63 bits per heavy atom. The van der Waals surface area contributed by atoms with Crippen molar-refractivity contribution in [1.82, 2.24) is 10.2 Å². The average molecular weight is 265 g/mol. The van der Waals surface area contributed by atoms with Crippen molar-refractivity contribution in [2.24, 2.45) is 0 Å². The van der Waals surface area contributed by atoms with Gasteiger partial charge in [-0.2, -0.15) is 0 Å². The lowest BCUT2D eigenvalue weighted by atomic mass is 10.2. The minimum Gasteiger partial charge on any atom is -0.370 e. The monoisotopic (exact) mass is 265 g/mol. The molecule has 19 heavy (non-hydrogen) atoms. The Balaban J connectivity index is 1.96. The summed E-state index contributed by atoms with van der Waals surface area (Å²) in [5, 5.41) is 2.82. The molecule has 0 aromatic heterocycles. The van der Waals surface area contributed by atoms with Crippen LogP contribution in [0.2, 0.25) is 0 Å². The summed E-state index contributed by atoms with van der Waals surface area (Å²) in [7, 11) is 0. The van der Waals surface area contributed by atoms with Crippen LogP contribution in [0.3, 0.4) is 0 Å². The molecule has 0 saturated carbocycles. The fraction of sp³-hybridized carbons (Fsp3) is 0.500. The van der Waals surface area contributed by atoms with Crippen LogP contribution >= 0.6 is 0 Å². The number of urea groups is 1. The van der Waals surface area contributed by atoms with Crippen molar-refractivity contribution in [2.75, 3.05) is 37.6 Å². The summed E-state index contributed by atoms with van der Waals surface area (Å²) in [5.74, 6) is -0.220. The zero-order chi connectivity index (χ0) is 13.7. The smallest absolute Gasteiger partial charge is 0.317 e. The third-order valence-corrected chi connectivity index (χ3v) is 3.30.